The zero-order valence-corrected chi connectivity index (χ0v) is 22.5. The maximum absolute atomic E-state index is 13.9. The summed E-state index contributed by atoms with van der Waals surface area (Å²) in [6.07, 6.45) is 0. The van der Waals surface area contributed by atoms with Crippen molar-refractivity contribution in [3.05, 3.63) is 142 Å². The molecule has 0 saturated heterocycles. The molecule has 0 bridgehead atoms. The van der Waals surface area contributed by atoms with Crippen LogP contribution < -0.4 is 10.2 Å². The lowest BCUT2D eigenvalue weighted by atomic mass is 9.99. The van der Waals surface area contributed by atoms with Crippen molar-refractivity contribution in [1.82, 2.24) is 4.57 Å². The van der Waals surface area contributed by atoms with E-state index < -0.39 is 5.97 Å². The summed E-state index contributed by atoms with van der Waals surface area (Å²) in [4.78, 5) is 40.5. The summed E-state index contributed by atoms with van der Waals surface area (Å²) in [5, 5.41) is 12.7. The lowest BCUT2D eigenvalue weighted by Crippen LogP contribution is -2.31. The van der Waals surface area contributed by atoms with Crippen LogP contribution in [-0.4, -0.2) is 27.5 Å². The van der Waals surface area contributed by atoms with Gasteiger partial charge in [0.1, 0.15) is 5.69 Å². The van der Waals surface area contributed by atoms with Gasteiger partial charge in [-0.05, 0) is 59.2 Å². The van der Waals surface area contributed by atoms with E-state index in [1.807, 2.05) is 72.8 Å². The fourth-order valence-electron chi connectivity index (χ4n) is 5.19. The molecule has 2 N–H and O–H groups in total. The third kappa shape index (κ3) is 4.99. The van der Waals surface area contributed by atoms with E-state index in [9.17, 15) is 19.5 Å². The quantitative estimate of drug-likeness (QED) is 0.242. The number of halogens is 1. The van der Waals surface area contributed by atoms with Crippen molar-refractivity contribution in [2.24, 2.45) is 0 Å². The highest BCUT2D eigenvalue weighted by Crippen LogP contribution is 2.32. The minimum absolute atomic E-state index is 0.163. The van der Waals surface area contributed by atoms with E-state index in [2.05, 4.69) is 5.32 Å². The van der Waals surface area contributed by atoms with Crippen LogP contribution in [0, 0.1) is 0 Å². The van der Waals surface area contributed by atoms with Gasteiger partial charge in [-0.2, -0.15) is 0 Å². The van der Waals surface area contributed by atoms with Crippen molar-refractivity contribution in [3.63, 3.8) is 0 Å². The molecule has 0 unspecified atom stereocenters. The number of fused-ring (bicyclic) bond motifs is 2. The number of nitrogens with zero attached hydrogens (tertiary/aromatic N) is 2. The predicted molar refractivity (Wildman–Crippen MR) is 159 cm³/mol. The molecule has 4 aromatic carbocycles. The fraction of sp³-hybridized carbons (Fsp3) is 0.0606. The van der Waals surface area contributed by atoms with Crippen LogP contribution in [0.5, 0.6) is 0 Å². The lowest BCUT2D eigenvalue weighted by molar-refractivity contribution is 0.0685. The van der Waals surface area contributed by atoms with Crippen LogP contribution in [0.1, 0.15) is 42.5 Å². The van der Waals surface area contributed by atoms with Gasteiger partial charge in [0, 0.05) is 22.6 Å². The zero-order valence-electron chi connectivity index (χ0n) is 21.8. The second-order valence-electron chi connectivity index (χ2n) is 9.68. The summed E-state index contributed by atoms with van der Waals surface area (Å²) in [7, 11) is 0. The molecule has 1 aliphatic heterocycles. The average molecular weight is 562 g/mol. The van der Waals surface area contributed by atoms with Gasteiger partial charge in [0.15, 0.2) is 0 Å². The SMILES string of the molecule is O=C(Nc1ccc(C(=O)N2Cc3ccc(C(=O)O)n3Cc3ccccc32)c(Cl)c1)c1ccccc1-c1ccccc1. The first-order valence-electron chi connectivity index (χ1n) is 13.0. The molecule has 6 rings (SSSR count). The maximum atomic E-state index is 13.9. The van der Waals surface area contributed by atoms with Gasteiger partial charge in [0.2, 0.25) is 0 Å². The first-order chi connectivity index (χ1) is 19.9. The van der Waals surface area contributed by atoms with Crippen molar-refractivity contribution in [3.8, 4) is 11.1 Å². The van der Waals surface area contributed by atoms with E-state index in [4.69, 9.17) is 11.6 Å². The van der Waals surface area contributed by atoms with Gasteiger partial charge < -0.3 is 19.9 Å². The first-order valence-corrected chi connectivity index (χ1v) is 13.4. The van der Waals surface area contributed by atoms with Crippen molar-refractivity contribution >= 4 is 40.8 Å². The molecule has 1 aliphatic rings. The third-order valence-corrected chi connectivity index (χ3v) is 7.49. The number of anilines is 2. The molecule has 1 aromatic heterocycles. The molecule has 0 atom stereocenters. The molecule has 7 nitrogen and oxygen atoms in total. The number of nitrogens with one attached hydrogen (secondary N) is 1. The number of carboxylic acids is 1. The monoisotopic (exact) mass is 561 g/mol. The number of aromatic nitrogens is 1. The Morgan fingerprint density at radius 2 is 1.49 bits per heavy atom. The minimum Gasteiger partial charge on any atom is -0.477 e. The molecule has 2 heterocycles. The van der Waals surface area contributed by atoms with Gasteiger partial charge in [0.05, 0.1) is 23.7 Å². The number of hydrogen-bond donors (Lipinski definition) is 2. The standard InChI is InChI=1S/C33H24ClN3O4/c34-28-18-23(35-31(38)26-12-6-5-11-25(26)21-8-2-1-3-9-21)14-16-27(28)32(39)37-20-24-15-17-30(33(40)41)36(24)19-22-10-4-7-13-29(22)37/h1-18H,19-20H2,(H,35,38)(H,40,41). The molecule has 0 fully saturated rings. The first kappa shape index (κ1) is 26.1. The van der Waals surface area contributed by atoms with Gasteiger partial charge >= 0.3 is 5.97 Å². The van der Waals surface area contributed by atoms with Crippen molar-refractivity contribution in [2.75, 3.05) is 10.2 Å². The summed E-state index contributed by atoms with van der Waals surface area (Å²) in [5.74, 6) is -1.65. The Morgan fingerprint density at radius 1 is 0.756 bits per heavy atom. The predicted octanol–water partition coefficient (Wildman–Crippen LogP) is 6.97. The second-order valence-corrected chi connectivity index (χ2v) is 10.1. The lowest BCUT2D eigenvalue weighted by Gasteiger charge is -2.23. The molecule has 0 saturated carbocycles. The molecule has 41 heavy (non-hydrogen) atoms. The van der Waals surface area contributed by atoms with Crippen molar-refractivity contribution in [1.29, 1.82) is 0 Å². The van der Waals surface area contributed by atoms with Gasteiger partial charge in [0.25, 0.3) is 11.8 Å². The highest BCUT2D eigenvalue weighted by Gasteiger charge is 2.28. The summed E-state index contributed by atoms with van der Waals surface area (Å²) < 4.78 is 1.71. The van der Waals surface area contributed by atoms with Gasteiger partial charge in [-0.25, -0.2) is 4.79 Å². The summed E-state index contributed by atoms with van der Waals surface area (Å²) in [6.45, 7) is 0.501. The Hall–Kier alpha value is -5.14. The van der Waals surface area contributed by atoms with Crippen molar-refractivity contribution < 1.29 is 19.5 Å². The molecule has 202 valence electrons. The number of carboxylic acid groups (broad SMARTS) is 1. The van der Waals surface area contributed by atoms with Crippen LogP contribution in [0.15, 0.2) is 109 Å². The van der Waals surface area contributed by atoms with Crippen LogP contribution in [-0.2, 0) is 13.1 Å². The number of amides is 2. The fourth-order valence-corrected chi connectivity index (χ4v) is 5.45. The normalized spacial score (nSPS) is 12.2. The van der Waals surface area contributed by atoms with Crippen LogP contribution in [0.3, 0.4) is 0 Å². The average Bonchev–Trinajstić information content (AvgIpc) is 3.31. The van der Waals surface area contributed by atoms with E-state index in [0.717, 1.165) is 16.7 Å². The molecule has 0 aliphatic carbocycles. The Bertz CT molecular complexity index is 1810. The smallest absolute Gasteiger partial charge is 0.352 e. The Balaban J connectivity index is 1.28. The number of rotatable bonds is 5. The van der Waals surface area contributed by atoms with E-state index in [1.54, 1.807) is 45.9 Å². The Labute approximate surface area is 241 Å². The summed E-state index contributed by atoms with van der Waals surface area (Å²) in [6, 6.07) is 32.5. The Kier molecular flexibility index (Phi) is 6.87. The van der Waals surface area contributed by atoms with E-state index in [-0.39, 0.29) is 34.6 Å². The van der Waals surface area contributed by atoms with Crippen molar-refractivity contribution in [2.45, 2.75) is 13.1 Å². The summed E-state index contributed by atoms with van der Waals surface area (Å²) >= 11 is 6.63. The Morgan fingerprint density at radius 3 is 2.27 bits per heavy atom. The minimum atomic E-state index is -1.03. The third-order valence-electron chi connectivity index (χ3n) is 7.18. The highest BCUT2D eigenvalue weighted by atomic mass is 35.5. The van der Waals surface area contributed by atoms with Crippen LogP contribution in [0.2, 0.25) is 5.02 Å². The second kappa shape index (κ2) is 10.8. The van der Waals surface area contributed by atoms with E-state index in [0.29, 0.717) is 29.2 Å². The molecule has 0 radical (unpaired) electrons. The number of benzene rings is 4. The topological polar surface area (TPSA) is 91.6 Å². The summed E-state index contributed by atoms with van der Waals surface area (Å²) in [5.41, 5.74) is 5.33. The number of aromatic carboxylic acids is 1. The van der Waals surface area contributed by atoms with Crippen LogP contribution in [0.4, 0.5) is 11.4 Å². The number of para-hydroxylation sites is 1. The van der Waals surface area contributed by atoms with E-state index in [1.165, 1.54) is 0 Å². The van der Waals surface area contributed by atoms with Crippen LogP contribution >= 0.6 is 11.6 Å². The maximum Gasteiger partial charge on any atom is 0.352 e. The number of hydrogen-bond acceptors (Lipinski definition) is 3. The van der Waals surface area contributed by atoms with E-state index >= 15 is 0 Å². The van der Waals surface area contributed by atoms with Crippen LogP contribution in [0.25, 0.3) is 11.1 Å². The molecule has 0 spiro atoms. The molecule has 2 amide bonds. The van der Waals surface area contributed by atoms with Gasteiger partial charge in [-0.15, -0.1) is 0 Å². The highest BCUT2D eigenvalue weighted by molar-refractivity contribution is 6.35. The largest absolute Gasteiger partial charge is 0.477 e. The molecular weight excluding hydrogens is 538 g/mol. The molecule has 5 aromatic rings. The van der Waals surface area contributed by atoms with Gasteiger partial charge in [-0.1, -0.05) is 78.3 Å². The number of carbonyl (C=O) groups excluding carboxylic acids is 2. The molecule has 8 heteroatoms. The number of carbonyl (C=O) groups is 3. The zero-order chi connectivity index (χ0) is 28.5. The van der Waals surface area contributed by atoms with Gasteiger partial charge in [-0.3, -0.25) is 9.59 Å². The molecular formula is C33H24ClN3O4.